The van der Waals surface area contributed by atoms with E-state index in [0.717, 1.165) is 50.9 Å². The van der Waals surface area contributed by atoms with Crippen LogP contribution in [0, 0.1) is 11.7 Å². The molecule has 1 aromatic heterocycles. The van der Waals surface area contributed by atoms with Gasteiger partial charge in [-0.3, -0.25) is 0 Å². The predicted molar refractivity (Wildman–Crippen MR) is 104 cm³/mol. The Kier molecular flexibility index (Phi) is 8.05. The predicted octanol–water partition coefficient (Wildman–Crippen LogP) is 5.76. The summed E-state index contributed by atoms with van der Waals surface area (Å²) >= 11 is 0. The van der Waals surface area contributed by atoms with Gasteiger partial charge in [-0.15, -0.1) is 12.4 Å². The molecule has 0 aliphatic carbocycles. The summed E-state index contributed by atoms with van der Waals surface area (Å²) in [5.41, 5.74) is -1.16. The number of alkyl halides is 3. The highest BCUT2D eigenvalue weighted by Crippen LogP contribution is 2.32. The van der Waals surface area contributed by atoms with Gasteiger partial charge in [-0.2, -0.15) is 18.2 Å². The molecule has 162 valence electrons. The molecular weight excluding hydrogens is 410 g/mol. The quantitative estimate of drug-likeness (QED) is 0.541. The summed E-state index contributed by atoms with van der Waals surface area (Å²) in [5, 5.41) is 3.90. The number of hydrogen-bond donors (Lipinski definition) is 0. The molecule has 0 N–H and O–H groups in total. The number of aromatic nitrogens is 2. The van der Waals surface area contributed by atoms with E-state index in [1.807, 2.05) is 0 Å². The van der Waals surface area contributed by atoms with Crippen LogP contribution in [0.15, 0.2) is 22.7 Å². The SMILES string of the molecule is CCC(CC)N1CCC(Cc2noc(-c3ccc(C(F)(F)F)cc3F)n2)CC1.Cl. The van der Waals surface area contributed by atoms with Crippen LogP contribution < -0.4 is 0 Å². The molecule has 0 amide bonds. The third-order valence-corrected chi connectivity index (χ3v) is 5.57. The number of halogens is 5. The second kappa shape index (κ2) is 9.89. The second-order valence-electron chi connectivity index (χ2n) is 7.36. The van der Waals surface area contributed by atoms with Crippen molar-refractivity contribution in [1.29, 1.82) is 0 Å². The molecule has 2 heterocycles. The number of likely N-dealkylation sites (tertiary alicyclic amines) is 1. The van der Waals surface area contributed by atoms with Crippen molar-refractivity contribution in [2.45, 2.75) is 58.2 Å². The van der Waals surface area contributed by atoms with E-state index in [-0.39, 0.29) is 23.9 Å². The van der Waals surface area contributed by atoms with E-state index in [4.69, 9.17) is 4.52 Å². The standard InChI is InChI=1S/C20H25F4N3O.ClH/c1-3-15(4-2)27-9-7-13(8-10-27)11-18-25-19(28-26-18)16-6-5-14(12-17(16)21)20(22,23)24;/h5-6,12-13,15H,3-4,7-11H2,1-2H3;1H. The van der Waals surface area contributed by atoms with Crippen LogP contribution in [-0.4, -0.2) is 34.2 Å². The first-order valence-electron chi connectivity index (χ1n) is 9.75. The summed E-state index contributed by atoms with van der Waals surface area (Å²) in [6.45, 7) is 6.49. The smallest absolute Gasteiger partial charge is 0.334 e. The molecule has 29 heavy (non-hydrogen) atoms. The minimum absolute atomic E-state index is 0. The van der Waals surface area contributed by atoms with E-state index in [2.05, 4.69) is 28.9 Å². The Morgan fingerprint density at radius 2 is 1.83 bits per heavy atom. The van der Waals surface area contributed by atoms with Gasteiger partial charge in [0.05, 0.1) is 11.1 Å². The number of piperidine rings is 1. The molecule has 0 bridgehead atoms. The van der Waals surface area contributed by atoms with E-state index in [9.17, 15) is 17.6 Å². The molecule has 9 heteroatoms. The molecule has 2 aromatic rings. The van der Waals surface area contributed by atoms with Crippen molar-refractivity contribution >= 4 is 12.4 Å². The maximum Gasteiger partial charge on any atom is 0.416 e. The van der Waals surface area contributed by atoms with Crippen LogP contribution in [0.2, 0.25) is 0 Å². The third-order valence-electron chi connectivity index (χ3n) is 5.57. The van der Waals surface area contributed by atoms with Gasteiger partial charge >= 0.3 is 6.18 Å². The minimum Gasteiger partial charge on any atom is -0.334 e. The largest absolute Gasteiger partial charge is 0.416 e. The van der Waals surface area contributed by atoms with Crippen LogP contribution >= 0.6 is 12.4 Å². The highest BCUT2D eigenvalue weighted by molar-refractivity contribution is 5.85. The highest BCUT2D eigenvalue weighted by Gasteiger charge is 2.32. The van der Waals surface area contributed by atoms with E-state index < -0.39 is 17.6 Å². The fourth-order valence-electron chi connectivity index (χ4n) is 3.90. The first-order chi connectivity index (χ1) is 13.3. The average molecular weight is 436 g/mol. The zero-order chi connectivity index (χ0) is 20.3. The fourth-order valence-corrected chi connectivity index (χ4v) is 3.90. The molecule has 0 radical (unpaired) electrons. The van der Waals surface area contributed by atoms with Gasteiger partial charge in [-0.1, -0.05) is 19.0 Å². The lowest BCUT2D eigenvalue weighted by Gasteiger charge is -2.36. The summed E-state index contributed by atoms with van der Waals surface area (Å²) in [5.74, 6) is -0.219. The van der Waals surface area contributed by atoms with Gasteiger partial charge in [0.15, 0.2) is 5.82 Å². The van der Waals surface area contributed by atoms with Gasteiger partial charge in [0, 0.05) is 12.5 Å². The molecule has 1 saturated heterocycles. The zero-order valence-electron chi connectivity index (χ0n) is 16.5. The maximum absolute atomic E-state index is 14.1. The van der Waals surface area contributed by atoms with Gasteiger partial charge in [-0.05, 0) is 62.9 Å². The molecule has 0 saturated carbocycles. The summed E-state index contributed by atoms with van der Waals surface area (Å²) in [6.07, 6.45) is 0.400. The Labute approximate surface area is 174 Å². The van der Waals surface area contributed by atoms with E-state index in [1.165, 1.54) is 0 Å². The lowest BCUT2D eigenvalue weighted by Crippen LogP contribution is -2.41. The molecule has 0 unspecified atom stereocenters. The van der Waals surface area contributed by atoms with E-state index in [0.29, 0.717) is 30.3 Å². The lowest BCUT2D eigenvalue weighted by molar-refractivity contribution is -0.137. The van der Waals surface area contributed by atoms with Crippen molar-refractivity contribution in [2.24, 2.45) is 5.92 Å². The Balaban J connectivity index is 0.00000300. The van der Waals surface area contributed by atoms with Gasteiger partial charge < -0.3 is 9.42 Å². The topological polar surface area (TPSA) is 42.2 Å². The molecule has 1 aliphatic heterocycles. The molecule has 3 rings (SSSR count). The van der Waals surface area contributed by atoms with Gasteiger partial charge in [0.25, 0.3) is 5.89 Å². The van der Waals surface area contributed by atoms with Crippen LogP contribution in [0.25, 0.3) is 11.5 Å². The van der Waals surface area contributed by atoms with E-state index in [1.54, 1.807) is 0 Å². The molecule has 4 nitrogen and oxygen atoms in total. The summed E-state index contributed by atoms with van der Waals surface area (Å²) in [4.78, 5) is 6.72. The maximum atomic E-state index is 14.1. The Hall–Kier alpha value is -1.67. The van der Waals surface area contributed by atoms with Crippen LogP contribution in [-0.2, 0) is 12.6 Å². The average Bonchev–Trinajstić information content (AvgIpc) is 3.11. The summed E-state index contributed by atoms with van der Waals surface area (Å²) in [7, 11) is 0. The zero-order valence-corrected chi connectivity index (χ0v) is 17.3. The fraction of sp³-hybridized carbons (Fsp3) is 0.600. The lowest BCUT2D eigenvalue weighted by atomic mass is 9.92. The number of benzene rings is 1. The van der Waals surface area contributed by atoms with Crippen LogP contribution in [0.3, 0.4) is 0 Å². The van der Waals surface area contributed by atoms with Crippen LogP contribution in [0.4, 0.5) is 17.6 Å². The normalized spacial score (nSPS) is 16.2. The monoisotopic (exact) mass is 435 g/mol. The first kappa shape index (κ1) is 23.6. The van der Waals surface area contributed by atoms with E-state index >= 15 is 0 Å². The molecule has 1 aromatic carbocycles. The number of nitrogens with zero attached hydrogens (tertiary/aromatic N) is 3. The molecular formula is C20H26ClF4N3O. The number of rotatable bonds is 6. The highest BCUT2D eigenvalue weighted by atomic mass is 35.5. The summed E-state index contributed by atoms with van der Waals surface area (Å²) < 4.78 is 57.2. The number of hydrogen-bond acceptors (Lipinski definition) is 4. The Bertz CT molecular complexity index is 784. The van der Waals surface area contributed by atoms with Crippen LogP contribution in [0.1, 0.15) is 50.9 Å². The van der Waals surface area contributed by atoms with Crippen LogP contribution in [0.5, 0.6) is 0 Å². The molecule has 1 aliphatic rings. The van der Waals surface area contributed by atoms with Gasteiger partial charge in [-0.25, -0.2) is 4.39 Å². The Morgan fingerprint density at radius 1 is 1.17 bits per heavy atom. The molecule has 0 spiro atoms. The second-order valence-corrected chi connectivity index (χ2v) is 7.36. The summed E-state index contributed by atoms with van der Waals surface area (Å²) in [6, 6.07) is 2.92. The van der Waals surface area contributed by atoms with Crippen molar-refractivity contribution in [3.8, 4) is 11.5 Å². The minimum atomic E-state index is -4.59. The van der Waals surface area contributed by atoms with Crippen molar-refractivity contribution in [3.05, 3.63) is 35.4 Å². The van der Waals surface area contributed by atoms with Crippen molar-refractivity contribution < 1.29 is 22.1 Å². The van der Waals surface area contributed by atoms with Crippen molar-refractivity contribution in [1.82, 2.24) is 15.0 Å². The van der Waals surface area contributed by atoms with Crippen molar-refractivity contribution in [3.63, 3.8) is 0 Å². The third kappa shape index (κ3) is 5.69. The van der Waals surface area contributed by atoms with Gasteiger partial charge in [0.2, 0.25) is 0 Å². The van der Waals surface area contributed by atoms with Gasteiger partial charge in [0.1, 0.15) is 5.82 Å². The molecule has 0 atom stereocenters. The van der Waals surface area contributed by atoms with Crippen molar-refractivity contribution in [2.75, 3.05) is 13.1 Å². The molecule has 1 fully saturated rings. The Morgan fingerprint density at radius 3 is 2.38 bits per heavy atom. The first-order valence-corrected chi connectivity index (χ1v) is 9.75.